The minimum absolute atomic E-state index is 0.0452. The molecule has 1 saturated carbocycles. The summed E-state index contributed by atoms with van der Waals surface area (Å²) in [6.45, 7) is 6.31. The number of hydrogen-bond acceptors (Lipinski definition) is 3. The van der Waals surface area contributed by atoms with E-state index in [4.69, 9.17) is 9.47 Å². The summed E-state index contributed by atoms with van der Waals surface area (Å²) in [6, 6.07) is 0. The van der Waals surface area contributed by atoms with Crippen molar-refractivity contribution in [3.05, 3.63) is 0 Å². The highest BCUT2D eigenvalue weighted by molar-refractivity contribution is 9.25. The highest BCUT2D eigenvalue weighted by atomic mass is 79.9. The number of hydrogen-bond donors (Lipinski definition) is 0. The first-order valence-corrected chi connectivity index (χ1v) is 7.64. The summed E-state index contributed by atoms with van der Waals surface area (Å²) in [5.74, 6) is 0. The maximum Gasteiger partial charge on any atom is 0.410 e. The fraction of sp³-hybridized carbons (Fsp3) is 0.917. The van der Waals surface area contributed by atoms with E-state index in [1.807, 2.05) is 20.8 Å². The van der Waals surface area contributed by atoms with Gasteiger partial charge >= 0.3 is 6.09 Å². The maximum absolute atomic E-state index is 12.3. The van der Waals surface area contributed by atoms with Gasteiger partial charge in [0.15, 0.2) is 0 Å². The molecule has 2 aliphatic rings. The molecule has 1 aliphatic carbocycles. The molecule has 2 rings (SSSR count). The molecule has 6 heteroatoms. The lowest BCUT2D eigenvalue weighted by molar-refractivity contribution is 0.00486. The first kappa shape index (κ1) is 14.6. The zero-order chi connectivity index (χ0) is 13.8. The van der Waals surface area contributed by atoms with Gasteiger partial charge in [-0.1, -0.05) is 31.9 Å². The highest BCUT2D eigenvalue weighted by Crippen LogP contribution is 2.67. The lowest BCUT2D eigenvalue weighted by Gasteiger charge is -2.31. The summed E-state index contributed by atoms with van der Waals surface area (Å²) >= 11 is 7.25. The zero-order valence-corrected chi connectivity index (χ0v) is 14.3. The number of nitrogens with zero attached hydrogens (tertiary/aromatic N) is 1. The molecule has 2 fully saturated rings. The number of alkyl halides is 2. The van der Waals surface area contributed by atoms with Crippen LogP contribution in [-0.2, 0) is 9.47 Å². The number of rotatable bonds is 1. The van der Waals surface area contributed by atoms with E-state index in [1.165, 1.54) is 0 Å². The third-order valence-electron chi connectivity index (χ3n) is 3.53. The van der Waals surface area contributed by atoms with E-state index in [0.29, 0.717) is 6.54 Å². The van der Waals surface area contributed by atoms with Gasteiger partial charge in [0, 0.05) is 20.1 Å². The first-order valence-electron chi connectivity index (χ1n) is 6.05. The Bertz CT molecular complexity index is 367. The second-order valence-electron chi connectivity index (χ2n) is 5.95. The van der Waals surface area contributed by atoms with Gasteiger partial charge in [0.05, 0.1) is 11.6 Å². The van der Waals surface area contributed by atoms with Crippen molar-refractivity contribution in [2.24, 2.45) is 0 Å². The molecule has 0 N–H and O–H groups in total. The molecule has 2 atom stereocenters. The standard InChI is InChI=1S/C12H19Br2NO3/c1-10(2,3)18-9(16)15-6-5-8(17-4)11(15)7-12(11,13)14/h8H,5-7H2,1-4H3. The van der Waals surface area contributed by atoms with Crippen molar-refractivity contribution in [1.29, 1.82) is 0 Å². The van der Waals surface area contributed by atoms with Crippen LogP contribution in [0.15, 0.2) is 0 Å². The summed E-state index contributed by atoms with van der Waals surface area (Å²) < 4.78 is 10.7. The van der Waals surface area contributed by atoms with E-state index < -0.39 is 5.60 Å². The number of likely N-dealkylation sites (tertiary alicyclic amines) is 1. The van der Waals surface area contributed by atoms with Gasteiger partial charge in [-0.05, 0) is 27.2 Å². The molecular formula is C12H19Br2NO3. The minimum Gasteiger partial charge on any atom is -0.444 e. The SMILES string of the molecule is COC1CCN(C(=O)OC(C)(C)C)C12CC2(Br)Br. The number of carbonyl (C=O) groups excluding carboxylic acids is 1. The van der Waals surface area contributed by atoms with E-state index in [1.54, 1.807) is 12.0 Å². The normalized spacial score (nSPS) is 33.9. The summed E-state index contributed by atoms with van der Waals surface area (Å²) in [5.41, 5.74) is -0.788. The van der Waals surface area contributed by atoms with Gasteiger partial charge in [-0.2, -0.15) is 0 Å². The van der Waals surface area contributed by atoms with Crippen molar-refractivity contribution in [3.63, 3.8) is 0 Å². The molecule has 0 aromatic heterocycles. The Morgan fingerprint density at radius 1 is 1.39 bits per heavy atom. The smallest absolute Gasteiger partial charge is 0.410 e. The van der Waals surface area contributed by atoms with Crippen LogP contribution >= 0.6 is 31.9 Å². The van der Waals surface area contributed by atoms with Gasteiger partial charge in [-0.15, -0.1) is 0 Å². The molecule has 2 unspecified atom stereocenters. The van der Waals surface area contributed by atoms with Crippen LogP contribution < -0.4 is 0 Å². The number of amides is 1. The number of ether oxygens (including phenoxy) is 2. The fourth-order valence-corrected chi connectivity index (χ4v) is 4.47. The molecule has 0 aromatic carbocycles. The van der Waals surface area contributed by atoms with E-state index in [0.717, 1.165) is 12.8 Å². The molecule has 0 radical (unpaired) electrons. The monoisotopic (exact) mass is 383 g/mol. The largest absolute Gasteiger partial charge is 0.444 e. The van der Waals surface area contributed by atoms with Crippen LogP contribution in [0, 0.1) is 0 Å². The average Bonchev–Trinajstić information content (AvgIpc) is 2.60. The second kappa shape index (κ2) is 4.35. The van der Waals surface area contributed by atoms with Crippen molar-refractivity contribution in [1.82, 2.24) is 4.90 Å². The Labute approximate surface area is 125 Å². The lowest BCUT2D eigenvalue weighted by Crippen LogP contribution is -2.47. The Morgan fingerprint density at radius 3 is 2.33 bits per heavy atom. The molecule has 104 valence electrons. The second-order valence-corrected chi connectivity index (χ2v) is 9.72. The Morgan fingerprint density at radius 2 is 1.94 bits per heavy atom. The summed E-state index contributed by atoms with van der Waals surface area (Å²) in [5, 5.41) is 0. The van der Waals surface area contributed by atoms with Crippen LogP contribution in [0.2, 0.25) is 0 Å². The van der Waals surface area contributed by atoms with Gasteiger partial charge in [0.2, 0.25) is 0 Å². The Hall–Kier alpha value is 0.190. The number of carbonyl (C=O) groups is 1. The van der Waals surface area contributed by atoms with E-state index in [-0.39, 0.29) is 21.0 Å². The van der Waals surface area contributed by atoms with Gasteiger partial charge in [-0.25, -0.2) is 4.79 Å². The Balaban J connectivity index is 2.17. The van der Waals surface area contributed by atoms with Crippen LogP contribution in [0.5, 0.6) is 0 Å². The van der Waals surface area contributed by atoms with Gasteiger partial charge in [-0.3, -0.25) is 4.90 Å². The van der Waals surface area contributed by atoms with Crippen LogP contribution in [0.25, 0.3) is 0 Å². The molecule has 0 aromatic rings. The van der Waals surface area contributed by atoms with Crippen LogP contribution in [-0.4, -0.2) is 45.1 Å². The third-order valence-corrected chi connectivity index (χ3v) is 5.46. The molecule has 1 spiro atoms. The average molecular weight is 385 g/mol. The molecule has 1 aliphatic heterocycles. The highest BCUT2D eigenvalue weighted by Gasteiger charge is 2.76. The predicted octanol–water partition coefficient (Wildman–Crippen LogP) is 3.27. The van der Waals surface area contributed by atoms with E-state index in [2.05, 4.69) is 31.9 Å². The number of halogens is 2. The van der Waals surface area contributed by atoms with Crippen LogP contribution in [0.1, 0.15) is 33.6 Å². The molecule has 1 amide bonds. The van der Waals surface area contributed by atoms with Gasteiger partial charge in [0.1, 0.15) is 8.83 Å². The Kier molecular flexibility index (Phi) is 3.53. The quantitative estimate of drug-likeness (QED) is 0.651. The molecular weight excluding hydrogens is 366 g/mol. The first-order chi connectivity index (χ1) is 8.14. The fourth-order valence-electron chi connectivity index (χ4n) is 2.68. The van der Waals surface area contributed by atoms with Gasteiger partial charge in [0.25, 0.3) is 0 Å². The topological polar surface area (TPSA) is 38.8 Å². The van der Waals surface area contributed by atoms with Crippen LogP contribution in [0.3, 0.4) is 0 Å². The van der Waals surface area contributed by atoms with Crippen molar-refractivity contribution in [3.8, 4) is 0 Å². The predicted molar refractivity (Wildman–Crippen MR) is 76.3 cm³/mol. The van der Waals surface area contributed by atoms with Crippen molar-refractivity contribution < 1.29 is 14.3 Å². The van der Waals surface area contributed by atoms with E-state index in [9.17, 15) is 4.79 Å². The molecule has 0 bridgehead atoms. The summed E-state index contributed by atoms with van der Waals surface area (Å²) in [6.07, 6.45) is 1.46. The minimum atomic E-state index is -0.473. The van der Waals surface area contributed by atoms with E-state index >= 15 is 0 Å². The zero-order valence-electron chi connectivity index (χ0n) is 11.1. The molecule has 18 heavy (non-hydrogen) atoms. The van der Waals surface area contributed by atoms with Crippen molar-refractivity contribution >= 4 is 38.0 Å². The summed E-state index contributed by atoms with van der Waals surface area (Å²) in [7, 11) is 1.69. The summed E-state index contributed by atoms with van der Waals surface area (Å²) in [4.78, 5) is 14.1. The lowest BCUT2D eigenvalue weighted by atomic mass is 10.1. The molecule has 1 heterocycles. The van der Waals surface area contributed by atoms with Crippen molar-refractivity contribution in [2.45, 2.75) is 54.1 Å². The molecule has 1 saturated heterocycles. The number of methoxy groups -OCH3 is 1. The third kappa shape index (κ3) is 2.20. The van der Waals surface area contributed by atoms with Gasteiger partial charge < -0.3 is 9.47 Å². The maximum atomic E-state index is 12.3. The molecule has 4 nitrogen and oxygen atoms in total. The van der Waals surface area contributed by atoms with Crippen LogP contribution in [0.4, 0.5) is 4.79 Å². The van der Waals surface area contributed by atoms with Crippen molar-refractivity contribution in [2.75, 3.05) is 13.7 Å².